The molecule has 0 heterocycles. The van der Waals surface area contributed by atoms with Crippen molar-refractivity contribution in [1.82, 2.24) is 10.9 Å². The van der Waals surface area contributed by atoms with Crippen LogP contribution < -0.4 is 26.1 Å². The Bertz CT molecular complexity index is 576. The van der Waals surface area contributed by atoms with Gasteiger partial charge < -0.3 is 15.2 Å². The minimum Gasteiger partial charge on any atom is -0.493 e. The highest BCUT2D eigenvalue weighted by molar-refractivity contribution is 7.80. The molecule has 0 aliphatic heterocycles. The van der Waals surface area contributed by atoms with Crippen molar-refractivity contribution in [1.29, 1.82) is 0 Å². The zero-order valence-corrected chi connectivity index (χ0v) is 14.9. The van der Waals surface area contributed by atoms with Crippen LogP contribution in [0.4, 0.5) is 0 Å². The summed E-state index contributed by atoms with van der Waals surface area (Å²) < 4.78 is 11.1. The number of rotatable bonds is 9. The van der Waals surface area contributed by atoms with E-state index in [1.54, 1.807) is 13.2 Å². The summed E-state index contributed by atoms with van der Waals surface area (Å²) in [7, 11) is 1.59. The number of nitrogens with two attached hydrogens (primary N) is 1. The summed E-state index contributed by atoms with van der Waals surface area (Å²) in [5.74, 6) is 0.970. The van der Waals surface area contributed by atoms with E-state index < -0.39 is 0 Å². The van der Waals surface area contributed by atoms with Gasteiger partial charge in [-0.3, -0.25) is 15.6 Å². The second kappa shape index (κ2) is 11.3. The molecule has 0 unspecified atom stereocenters. The number of methoxy groups -OCH3 is 1. The van der Waals surface area contributed by atoms with Gasteiger partial charge in [-0.25, -0.2) is 0 Å². The van der Waals surface area contributed by atoms with E-state index >= 15 is 0 Å². The molecule has 0 fully saturated rings. The predicted octanol–water partition coefficient (Wildman–Crippen LogP) is 2.53. The van der Waals surface area contributed by atoms with Crippen LogP contribution in [0.15, 0.2) is 24.3 Å². The van der Waals surface area contributed by atoms with Crippen molar-refractivity contribution in [2.45, 2.75) is 32.6 Å². The zero-order valence-electron chi connectivity index (χ0n) is 14.1. The lowest BCUT2D eigenvalue weighted by atomic mass is 10.2. The van der Waals surface area contributed by atoms with Gasteiger partial charge in [0.15, 0.2) is 16.6 Å². The number of unbranched alkanes of at least 4 members (excludes halogenated alkanes) is 3. The lowest BCUT2D eigenvalue weighted by Crippen LogP contribution is -2.43. The molecular weight excluding hydrogens is 326 g/mol. The van der Waals surface area contributed by atoms with Crippen molar-refractivity contribution in [3.63, 3.8) is 0 Å². The Labute approximate surface area is 148 Å². The third-order valence-electron chi connectivity index (χ3n) is 3.18. The van der Waals surface area contributed by atoms with E-state index in [-0.39, 0.29) is 11.0 Å². The first-order valence-corrected chi connectivity index (χ1v) is 8.32. The molecule has 0 aliphatic rings. The second-order valence-electron chi connectivity index (χ2n) is 5.13. The Morgan fingerprint density at radius 3 is 2.71 bits per heavy atom. The molecule has 132 valence electrons. The first kappa shape index (κ1) is 19.8. The van der Waals surface area contributed by atoms with Crippen LogP contribution in [0, 0.1) is 0 Å². The van der Waals surface area contributed by atoms with Crippen LogP contribution >= 0.6 is 12.2 Å². The van der Waals surface area contributed by atoms with Crippen molar-refractivity contribution in [3.05, 3.63) is 29.8 Å². The molecule has 0 saturated heterocycles. The number of hydrogen-bond donors (Lipinski definition) is 3. The van der Waals surface area contributed by atoms with Crippen LogP contribution in [0.25, 0.3) is 6.08 Å². The molecule has 4 N–H and O–H groups in total. The zero-order chi connectivity index (χ0) is 17.8. The summed E-state index contributed by atoms with van der Waals surface area (Å²) >= 11 is 4.59. The monoisotopic (exact) mass is 351 g/mol. The number of hydrazine groups is 1. The highest BCUT2D eigenvalue weighted by Gasteiger charge is 2.05. The third kappa shape index (κ3) is 7.82. The summed E-state index contributed by atoms with van der Waals surface area (Å²) in [6, 6.07) is 5.50. The van der Waals surface area contributed by atoms with Crippen LogP contribution in [0.5, 0.6) is 11.5 Å². The van der Waals surface area contributed by atoms with Gasteiger partial charge in [-0.2, -0.15) is 0 Å². The Kier molecular flexibility index (Phi) is 9.29. The van der Waals surface area contributed by atoms with E-state index in [2.05, 4.69) is 30.0 Å². The normalized spacial score (nSPS) is 10.4. The van der Waals surface area contributed by atoms with Gasteiger partial charge in [0.1, 0.15) is 0 Å². The Morgan fingerprint density at radius 2 is 2.04 bits per heavy atom. The van der Waals surface area contributed by atoms with E-state index in [0.29, 0.717) is 18.1 Å². The summed E-state index contributed by atoms with van der Waals surface area (Å²) in [5, 5.41) is -0.00106. The van der Waals surface area contributed by atoms with Crippen molar-refractivity contribution >= 4 is 29.3 Å². The van der Waals surface area contributed by atoms with Crippen LogP contribution in [-0.2, 0) is 4.79 Å². The van der Waals surface area contributed by atoms with Crippen molar-refractivity contribution in [2.24, 2.45) is 5.73 Å². The van der Waals surface area contributed by atoms with Gasteiger partial charge in [0.2, 0.25) is 0 Å². The molecule has 0 atom stereocenters. The number of hydrogen-bond acceptors (Lipinski definition) is 4. The molecule has 7 heteroatoms. The standard InChI is InChI=1S/C17H25N3O3S/c1-3-4-5-6-11-23-14-9-7-13(12-15(14)22-2)8-10-16(21)19-20-17(18)24/h7-10,12H,3-6,11H2,1-2H3,(H,19,21)(H3,18,20,24)/b10-8+. The van der Waals surface area contributed by atoms with Gasteiger partial charge in [0, 0.05) is 6.08 Å². The van der Waals surface area contributed by atoms with E-state index in [1.807, 2.05) is 18.2 Å². The molecule has 0 saturated carbocycles. The summed E-state index contributed by atoms with van der Waals surface area (Å²) in [6.45, 7) is 2.84. The average molecular weight is 351 g/mol. The second-order valence-corrected chi connectivity index (χ2v) is 5.57. The molecule has 1 aromatic carbocycles. The van der Waals surface area contributed by atoms with Gasteiger partial charge in [-0.1, -0.05) is 32.3 Å². The third-order valence-corrected chi connectivity index (χ3v) is 3.28. The first-order valence-electron chi connectivity index (χ1n) is 7.91. The maximum atomic E-state index is 11.5. The van der Waals surface area contributed by atoms with Crippen LogP contribution in [-0.4, -0.2) is 24.7 Å². The highest BCUT2D eigenvalue weighted by atomic mass is 32.1. The van der Waals surface area contributed by atoms with E-state index in [1.165, 1.54) is 18.9 Å². The Balaban J connectivity index is 2.58. The number of carbonyl (C=O) groups is 1. The molecule has 0 bridgehead atoms. The van der Waals surface area contributed by atoms with Gasteiger partial charge >= 0.3 is 0 Å². The van der Waals surface area contributed by atoms with E-state index in [4.69, 9.17) is 15.2 Å². The van der Waals surface area contributed by atoms with Crippen molar-refractivity contribution in [2.75, 3.05) is 13.7 Å². The fourth-order valence-corrected chi connectivity index (χ4v) is 2.01. The van der Waals surface area contributed by atoms with Crippen LogP contribution in [0.2, 0.25) is 0 Å². The fourth-order valence-electron chi connectivity index (χ4n) is 1.95. The quantitative estimate of drug-likeness (QED) is 0.274. The van der Waals surface area contributed by atoms with Gasteiger partial charge in [0.05, 0.1) is 13.7 Å². The van der Waals surface area contributed by atoms with E-state index in [9.17, 15) is 4.79 Å². The molecular formula is C17H25N3O3S. The number of carbonyl (C=O) groups excluding carboxylic acids is 1. The van der Waals surface area contributed by atoms with Crippen molar-refractivity contribution < 1.29 is 14.3 Å². The lowest BCUT2D eigenvalue weighted by molar-refractivity contribution is -0.116. The number of ether oxygens (including phenoxy) is 2. The van der Waals surface area contributed by atoms with Crippen LogP contribution in [0.3, 0.4) is 0 Å². The largest absolute Gasteiger partial charge is 0.493 e. The topological polar surface area (TPSA) is 85.6 Å². The molecule has 1 aromatic rings. The summed E-state index contributed by atoms with van der Waals surface area (Å²) in [6.07, 6.45) is 7.62. The number of benzene rings is 1. The Morgan fingerprint density at radius 1 is 1.25 bits per heavy atom. The van der Waals surface area contributed by atoms with Gasteiger partial charge in [0.25, 0.3) is 5.91 Å². The molecule has 0 aliphatic carbocycles. The first-order chi connectivity index (χ1) is 11.6. The fraction of sp³-hybridized carbons (Fsp3) is 0.412. The SMILES string of the molecule is CCCCCCOc1ccc(/C=C/C(=O)NNC(N)=S)cc1OC. The minimum atomic E-state index is -0.363. The summed E-state index contributed by atoms with van der Waals surface area (Å²) in [4.78, 5) is 11.5. The molecule has 6 nitrogen and oxygen atoms in total. The average Bonchev–Trinajstić information content (AvgIpc) is 2.58. The van der Waals surface area contributed by atoms with E-state index in [0.717, 1.165) is 18.4 Å². The molecule has 0 aromatic heterocycles. The molecule has 0 radical (unpaired) electrons. The predicted molar refractivity (Wildman–Crippen MR) is 99.7 cm³/mol. The molecule has 1 amide bonds. The maximum absolute atomic E-state index is 11.5. The van der Waals surface area contributed by atoms with Crippen LogP contribution in [0.1, 0.15) is 38.2 Å². The highest BCUT2D eigenvalue weighted by Crippen LogP contribution is 2.28. The number of thiocarbonyl (C=S) groups is 1. The minimum absolute atomic E-state index is 0.00106. The molecule has 1 rings (SSSR count). The number of nitrogens with one attached hydrogen (secondary N) is 2. The van der Waals surface area contributed by atoms with Crippen molar-refractivity contribution in [3.8, 4) is 11.5 Å². The lowest BCUT2D eigenvalue weighted by Gasteiger charge is -2.11. The molecule has 24 heavy (non-hydrogen) atoms. The number of amides is 1. The molecule has 0 spiro atoms. The van der Waals surface area contributed by atoms with Gasteiger partial charge in [-0.05, 0) is 42.4 Å². The van der Waals surface area contributed by atoms with Gasteiger partial charge in [-0.15, -0.1) is 0 Å². The Hall–Kier alpha value is -2.28. The maximum Gasteiger partial charge on any atom is 0.262 e. The smallest absolute Gasteiger partial charge is 0.262 e. The summed E-state index contributed by atoms with van der Waals surface area (Å²) in [5.41, 5.74) is 10.7.